The third-order valence-corrected chi connectivity index (χ3v) is 3.91. The van der Waals surface area contributed by atoms with Gasteiger partial charge in [-0.3, -0.25) is 4.79 Å². The maximum absolute atomic E-state index is 12.3. The Morgan fingerprint density at radius 3 is 2.57 bits per heavy atom. The average molecular weight is 342 g/mol. The van der Waals surface area contributed by atoms with Crippen molar-refractivity contribution in [2.24, 2.45) is 0 Å². The largest absolute Gasteiger partial charge is 0.298 e. The molecule has 0 aliphatic carbocycles. The van der Waals surface area contributed by atoms with Crippen molar-refractivity contribution >= 4 is 21.7 Å². The smallest absolute Gasteiger partial charge is 0.154 e. The van der Waals surface area contributed by atoms with E-state index in [0.717, 1.165) is 15.6 Å². The molecule has 0 radical (unpaired) electrons. The molecule has 2 nitrogen and oxygen atoms in total. The molecule has 0 N–H and O–H groups in total. The second kappa shape index (κ2) is 7.19. The Bertz CT molecular complexity index is 670. The van der Waals surface area contributed by atoms with Crippen LogP contribution in [0.3, 0.4) is 0 Å². The van der Waals surface area contributed by atoms with E-state index in [1.807, 2.05) is 55.5 Å². The van der Waals surface area contributed by atoms with Crippen LogP contribution in [0.4, 0.5) is 0 Å². The van der Waals surface area contributed by atoms with Gasteiger partial charge in [-0.1, -0.05) is 57.9 Å². The third-order valence-electron chi connectivity index (χ3n) is 3.41. The van der Waals surface area contributed by atoms with Crippen LogP contribution in [0.25, 0.3) is 0 Å². The Kier molecular flexibility index (Phi) is 5.30. The van der Waals surface area contributed by atoms with Crippen LogP contribution in [0.5, 0.6) is 0 Å². The number of rotatable bonds is 5. The van der Waals surface area contributed by atoms with Crippen LogP contribution in [0.15, 0.2) is 53.0 Å². The van der Waals surface area contributed by atoms with E-state index >= 15 is 0 Å². The lowest BCUT2D eigenvalue weighted by Crippen LogP contribution is -2.11. The molecular weight excluding hydrogens is 326 g/mol. The summed E-state index contributed by atoms with van der Waals surface area (Å²) in [5.41, 5.74) is 3.08. The molecule has 0 amide bonds. The standard InChI is InChI=1S/C18H16BrNO/c1-13-5-7-14(8-6-13)9-10-18(21)17(12-20)15-3-2-4-16(19)11-15/h2-8,11,17H,9-10H2,1H3. The van der Waals surface area contributed by atoms with Gasteiger partial charge in [0.15, 0.2) is 5.78 Å². The number of hydrogen-bond donors (Lipinski definition) is 0. The molecule has 1 atom stereocenters. The molecule has 0 aliphatic heterocycles. The Balaban J connectivity index is 2.04. The number of hydrogen-bond acceptors (Lipinski definition) is 2. The van der Waals surface area contributed by atoms with Crippen molar-refractivity contribution in [3.8, 4) is 6.07 Å². The minimum atomic E-state index is -0.687. The highest BCUT2D eigenvalue weighted by atomic mass is 79.9. The summed E-state index contributed by atoms with van der Waals surface area (Å²) in [6, 6.07) is 17.6. The first kappa shape index (κ1) is 15.5. The van der Waals surface area contributed by atoms with Crippen LogP contribution in [0, 0.1) is 18.3 Å². The molecule has 2 rings (SSSR count). The molecule has 0 aliphatic rings. The highest BCUT2D eigenvalue weighted by molar-refractivity contribution is 9.10. The van der Waals surface area contributed by atoms with E-state index in [-0.39, 0.29) is 5.78 Å². The molecule has 0 saturated carbocycles. The summed E-state index contributed by atoms with van der Waals surface area (Å²) < 4.78 is 0.881. The number of nitriles is 1. The number of Topliss-reactive ketones (excluding diaryl/α,β-unsaturated/α-hetero) is 1. The Morgan fingerprint density at radius 2 is 1.95 bits per heavy atom. The van der Waals surface area contributed by atoms with Crippen LogP contribution >= 0.6 is 15.9 Å². The zero-order chi connectivity index (χ0) is 15.2. The minimum absolute atomic E-state index is 0.0313. The SMILES string of the molecule is Cc1ccc(CCC(=O)C(C#N)c2cccc(Br)c2)cc1. The molecule has 0 aromatic heterocycles. The molecule has 2 aromatic carbocycles. The van der Waals surface area contributed by atoms with E-state index < -0.39 is 5.92 Å². The maximum atomic E-state index is 12.3. The summed E-state index contributed by atoms with van der Waals surface area (Å²) in [5, 5.41) is 9.29. The molecule has 1 unspecified atom stereocenters. The van der Waals surface area contributed by atoms with Crippen molar-refractivity contribution < 1.29 is 4.79 Å². The molecule has 3 heteroatoms. The van der Waals surface area contributed by atoms with Gasteiger partial charge in [0.05, 0.1) is 6.07 Å². The Labute approximate surface area is 133 Å². The number of halogens is 1. The molecule has 0 spiro atoms. The van der Waals surface area contributed by atoms with Crippen molar-refractivity contribution in [1.29, 1.82) is 5.26 Å². The highest BCUT2D eigenvalue weighted by Gasteiger charge is 2.19. The lowest BCUT2D eigenvalue weighted by atomic mass is 9.92. The predicted octanol–water partition coefficient (Wildman–Crippen LogP) is 4.57. The fraction of sp³-hybridized carbons (Fsp3) is 0.222. The minimum Gasteiger partial charge on any atom is -0.298 e. The summed E-state index contributed by atoms with van der Waals surface area (Å²) in [5.74, 6) is -0.718. The van der Waals surface area contributed by atoms with Gasteiger partial charge >= 0.3 is 0 Å². The molecule has 2 aromatic rings. The van der Waals surface area contributed by atoms with Crippen LogP contribution in [0.2, 0.25) is 0 Å². The van der Waals surface area contributed by atoms with E-state index in [1.54, 1.807) is 0 Å². The van der Waals surface area contributed by atoms with Crippen LogP contribution < -0.4 is 0 Å². The molecule has 0 bridgehead atoms. The van der Waals surface area contributed by atoms with E-state index in [1.165, 1.54) is 5.56 Å². The zero-order valence-corrected chi connectivity index (χ0v) is 13.4. The highest BCUT2D eigenvalue weighted by Crippen LogP contribution is 2.22. The predicted molar refractivity (Wildman–Crippen MR) is 87.0 cm³/mol. The van der Waals surface area contributed by atoms with Gasteiger partial charge in [-0.25, -0.2) is 0 Å². The Hall–Kier alpha value is -1.92. The quantitative estimate of drug-likeness (QED) is 0.799. The number of carbonyl (C=O) groups excluding carboxylic acids is 1. The molecule has 0 heterocycles. The fourth-order valence-electron chi connectivity index (χ4n) is 2.19. The first-order valence-corrected chi connectivity index (χ1v) is 7.63. The van der Waals surface area contributed by atoms with Crippen LogP contribution in [-0.4, -0.2) is 5.78 Å². The number of aryl methyl sites for hydroxylation is 2. The molecule has 0 saturated heterocycles. The van der Waals surface area contributed by atoms with Crippen molar-refractivity contribution in [3.05, 3.63) is 69.7 Å². The number of nitrogens with zero attached hydrogens (tertiary/aromatic N) is 1. The van der Waals surface area contributed by atoms with Crippen LogP contribution in [0.1, 0.15) is 29.0 Å². The molecule has 21 heavy (non-hydrogen) atoms. The average Bonchev–Trinajstić information content (AvgIpc) is 2.47. The number of carbonyl (C=O) groups is 1. The summed E-state index contributed by atoms with van der Waals surface area (Å²) in [6.45, 7) is 2.04. The lowest BCUT2D eigenvalue weighted by molar-refractivity contribution is -0.119. The van der Waals surface area contributed by atoms with Crippen molar-refractivity contribution in [2.45, 2.75) is 25.7 Å². The third kappa shape index (κ3) is 4.27. The summed E-state index contributed by atoms with van der Waals surface area (Å²) in [4.78, 5) is 12.3. The summed E-state index contributed by atoms with van der Waals surface area (Å²) >= 11 is 3.37. The van der Waals surface area contributed by atoms with E-state index in [0.29, 0.717) is 12.8 Å². The van der Waals surface area contributed by atoms with Gasteiger partial charge in [-0.05, 0) is 36.6 Å². The van der Waals surface area contributed by atoms with Crippen molar-refractivity contribution in [1.82, 2.24) is 0 Å². The van der Waals surface area contributed by atoms with Gasteiger partial charge in [-0.15, -0.1) is 0 Å². The summed E-state index contributed by atoms with van der Waals surface area (Å²) in [6.07, 6.45) is 1.05. The van der Waals surface area contributed by atoms with Gasteiger partial charge in [0.2, 0.25) is 0 Å². The second-order valence-corrected chi connectivity index (χ2v) is 5.98. The zero-order valence-electron chi connectivity index (χ0n) is 11.8. The number of benzene rings is 2. The normalized spacial score (nSPS) is 11.7. The van der Waals surface area contributed by atoms with Crippen molar-refractivity contribution in [2.75, 3.05) is 0 Å². The topological polar surface area (TPSA) is 40.9 Å². The number of ketones is 1. The molecular formula is C18H16BrNO. The van der Waals surface area contributed by atoms with Crippen LogP contribution in [-0.2, 0) is 11.2 Å². The monoisotopic (exact) mass is 341 g/mol. The van der Waals surface area contributed by atoms with E-state index in [2.05, 4.69) is 22.0 Å². The molecule has 0 fully saturated rings. The van der Waals surface area contributed by atoms with Gasteiger partial charge in [0.25, 0.3) is 0 Å². The van der Waals surface area contributed by atoms with Gasteiger partial charge in [0, 0.05) is 10.9 Å². The summed E-state index contributed by atoms with van der Waals surface area (Å²) in [7, 11) is 0. The van der Waals surface area contributed by atoms with Gasteiger partial charge < -0.3 is 0 Å². The van der Waals surface area contributed by atoms with Crippen molar-refractivity contribution in [3.63, 3.8) is 0 Å². The van der Waals surface area contributed by atoms with Gasteiger partial charge in [-0.2, -0.15) is 5.26 Å². The second-order valence-electron chi connectivity index (χ2n) is 5.07. The lowest BCUT2D eigenvalue weighted by Gasteiger charge is -2.09. The van der Waals surface area contributed by atoms with E-state index in [4.69, 9.17) is 0 Å². The first-order chi connectivity index (χ1) is 10.1. The van der Waals surface area contributed by atoms with E-state index in [9.17, 15) is 10.1 Å². The fourth-order valence-corrected chi connectivity index (χ4v) is 2.60. The first-order valence-electron chi connectivity index (χ1n) is 6.83. The molecule has 106 valence electrons. The Morgan fingerprint density at radius 1 is 1.24 bits per heavy atom. The maximum Gasteiger partial charge on any atom is 0.154 e. The van der Waals surface area contributed by atoms with Gasteiger partial charge in [0.1, 0.15) is 5.92 Å².